The highest BCUT2D eigenvalue weighted by atomic mass is 16.2. The molecule has 1 rings (SSSR count). The second-order valence-electron chi connectivity index (χ2n) is 7.44. The van der Waals surface area contributed by atoms with Crippen LogP contribution in [0.4, 0.5) is 0 Å². The predicted octanol–water partition coefficient (Wildman–Crippen LogP) is 1.61. The van der Waals surface area contributed by atoms with E-state index < -0.39 is 6.04 Å². The van der Waals surface area contributed by atoms with Crippen LogP contribution in [0.5, 0.6) is 0 Å². The van der Waals surface area contributed by atoms with Crippen LogP contribution in [0.25, 0.3) is 0 Å². The van der Waals surface area contributed by atoms with Crippen LogP contribution in [-0.4, -0.2) is 52.8 Å². The Morgan fingerprint density at radius 1 is 1.33 bits per heavy atom. The zero-order valence-electron chi connectivity index (χ0n) is 14.3. The molecule has 0 aromatic rings. The van der Waals surface area contributed by atoms with Crippen molar-refractivity contribution in [2.24, 2.45) is 11.1 Å². The number of carbonyl (C=O) groups excluding carboxylic acids is 2. The lowest BCUT2D eigenvalue weighted by molar-refractivity contribution is -0.139. The fraction of sp³-hybridized carbons (Fsp3) is 0.875. The van der Waals surface area contributed by atoms with Crippen molar-refractivity contribution in [2.75, 3.05) is 13.1 Å². The number of rotatable bonds is 4. The van der Waals surface area contributed by atoms with Crippen LogP contribution >= 0.6 is 0 Å². The van der Waals surface area contributed by atoms with Gasteiger partial charge in [-0.2, -0.15) is 0 Å². The van der Waals surface area contributed by atoms with Crippen molar-refractivity contribution in [1.82, 2.24) is 9.80 Å². The van der Waals surface area contributed by atoms with Gasteiger partial charge in [0.15, 0.2) is 0 Å². The van der Waals surface area contributed by atoms with Crippen LogP contribution in [0.2, 0.25) is 0 Å². The van der Waals surface area contributed by atoms with Gasteiger partial charge in [-0.25, -0.2) is 0 Å². The van der Waals surface area contributed by atoms with Crippen molar-refractivity contribution in [2.45, 2.75) is 72.5 Å². The summed E-state index contributed by atoms with van der Waals surface area (Å²) in [5.41, 5.74) is 5.87. The topological polar surface area (TPSA) is 66.6 Å². The quantitative estimate of drug-likeness (QED) is 0.857. The van der Waals surface area contributed by atoms with Crippen molar-refractivity contribution < 1.29 is 9.59 Å². The number of nitrogens with zero attached hydrogens (tertiary/aromatic N) is 2. The van der Waals surface area contributed by atoms with Gasteiger partial charge in [0, 0.05) is 32.1 Å². The van der Waals surface area contributed by atoms with Crippen molar-refractivity contribution in [1.29, 1.82) is 0 Å². The van der Waals surface area contributed by atoms with Gasteiger partial charge in [-0.1, -0.05) is 20.8 Å². The zero-order valence-corrected chi connectivity index (χ0v) is 14.3. The van der Waals surface area contributed by atoms with Gasteiger partial charge in [0.2, 0.25) is 11.8 Å². The molecular formula is C16H31N3O2. The van der Waals surface area contributed by atoms with Gasteiger partial charge in [-0.15, -0.1) is 0 Å². The third-order valence-electron chi connectivity index (χ3n) is 4.29. The molecule has 1 fully saturated rings. The molecule has 122 valence electrons. The Balaban J connectivity index is 2.80. The van der Waals surface area contributed by atoms with Crippen LogP contribution in [0.3, 0.4) is 0 Å². The van der Waals surface area contributed by atoms with Gasteiger partial charge in [0.25, 0.3) is 0 Å². The first-order chi connectivity index (χ1) is 9.55. The van der Waals surface area contributed by atoms with Gasteiger partial charge in [0.1, 0.15) is 0 Å². The molecule has 0 aromatic carbocycles. The molecule has 2 N–H and O–H groups in total. The summed E-state index contributed by atoms with van der Waals surface area (Å²) in [4.78, 5) is 28.1. The third-order valence-corrected chi connectivity index (χ3v) is 4.29. The Morgan fingerprint density at radius 3 is 2.33 bits per heavy atom. The summed E-state index contributed by atoms with van der Waals surface area (Å²) in [6.07, 6.45) is 1.93. The summed E-state index contributed by atoms with van der Waals surface area (Å²) >= 11 is 0. The van der Waals surface area contributed by atoms with Crippen molar-refractivity contribution >= 4 is 11.8 Å². The molecule has 0 unspecified atom stereocenters. The Labute approximate surface area is 128 Å². The van der Waals surface area contributed by atoms with E-state index in [1.54, 1.807) is 6.92 Å². The summed E-state index contributed by atoms with van der Waals surface area (Å²) in [7, 11) is 0. The fourth-order valence-electron chi connectivity index (χ4n) is 2.79. The SMILES string of the molecule is CC(=O)N(C[C@H]1CCCN1C(=O)[C@@H](N)C(C)(C)C)C(C)C. The van der Waals surface area contributed by atoms with E-state index in [1.807, 2.05) is 44.4 Å². The monoisotopic (exact) mass is 297 g/mol. The molecule has 0 aliphatic carbocycles. The van der Waals surface area contributed by atoms with Gasteiger partial charge in [0.05, 0.1) is 6.04 Å². The Hall–Kier alpha value is -1.10. The molecule has 0 saturated carbocycles. The van der Waals surface area contributed by atoms with Gasteiger partial charge >= 0.3 is 0 Å². The predicted molar refractivity (Wildman–Crippen MR) is 84.7 cm³/mol. The standard InChI is InChI=1S/C16H31N3O2/c1-11(2)19(12(3)20)10-13-8-7-9-18(13)15(21)14(17)16(4,5)6/h11,13-14H,7-10,17H2,1-6H3/t13-,14-/m1/s1. The summed E-state index contributed by atoms with van der Waals surface area (Å²) in [6, 6.07) is -0.253. The van der Waals surface area contributed by atoms with E-state index in [1.165, 1.54) is 0 Å². The molecule has 1 aliphatic rings. The second kappa shape index (κ2) is 6.77. The molecule has 0 aromatic heterocycles. The first kappa shape index (κ1) is 18.0. The lowest BCUT2D eigenvalue weighted by Crippen LogP contribution is -2.54. The van der Waals surface area contributed by atoms with Crippen LogP contribution in [0, 0.1) is 5.41 Å². The number of likely N-dealkylation sites (tertiary alicyclic amines) is 1. The Kier molecular flexibility index (Phi) is 5.79. The van der Waals surface area contributed by atoms with Crippen molar-refractivity contribution in [3.8, 4) is 0 Å². The lowest BCUT2D eigenvalue weighted by Gasteiger charge is -2.36. The molecule has 0 radical (unpaired) electrons. The van der Waals surface area contributed by atoms with Crippen LogP contribution in [-0.2, 0) is 9.59 Å². The summed E-state index contributed by atoms with van der Waals surface area (Å²) < 4.78 is 0. The molecule has 0 bridgehead atoms. The van der Waals surface area contributed by atoms with E-state index in [9.17, 15) is 9.59 Å². The molecule has 2 amide bonds. The summed E-state index contributed by atoms with van der Waals surface area (Å²) in [5.74, 6) is 0.0710. The lowest BCUT2D eigenvalue weighted by atomic mass is 9.86. The van der Waals surface area contributed by atoms with E-state index >= 15 is 0 Å². The number of hydrogen-bond acceptors (Lipinski definition) is 3. The average Bonchev–Trinajstić information content (AvgIpc) is 2.80. The molecule has 21 heavy (non-hydrogen) atoms. The largest absolute Gasteiger partial charge is 0.338 e. The molecule has 1 saturated heterocycles. The minimum atomic E-state index is -0.497. The number of amides is 2. The average molecular weight is 297 g/mol. The maximum atomic E-state index is 12.6. The molecule has 1 heterocycles. The Bertz CT molecular complexity index is 387. The third kappa shape index (κ3) is 4.43. The number of hydrogen-bond donors (Lipinski definition) is 1. The number of nitrogens with two attached hydrogens (primary N) is 1. The molecular weight excluding hydrogens is 266 g/mol. The van der Waals surface area contributed by atoms with E-state index in [2.05, 4.69) is 0 Å². The van der Waals surface area contributed by atoms with E-state index in [-0.39, 0.29) is 29.3 Å². The highest BCUT2D eigenvalue weighted by Crippen LogP contribution is 2.25. The first-order valence-electron chi connectivity index (χ1n) is 7.89. The van der Waals surface area contributed by atoms with Crippen molar-refractivity contribution in [3.63, 3.8) is 0 Å². The van der Waals surface area contributed by atoms with E-state index in [0.717, 1.165) is 19.4 Å². The maximum absolute atomic E-state index is 12.6. The van der Waals surface area contributed by atoms with E-state index in [4.69, 9.17) is 5.73 Å². The minimum absolute atomic E-state index is 0.0114. The van der Waals surface area contributed by atoms with E-state index in [0.29, 0.717) is 6.54 Å². The molecule has 1 aliphatic heterocycles. The first-order valence-corrected chi connectivity index (χ1v) is 7.89. The van der Waals surface area contributed by atoms with Crippen LogP contribution in [0.15, 0.2) is 0 Å². The van der Waals surface area contributed by atoms with Crippen LogP contribution in [0.1, 0.15) is 54.4 Å². The van der Waals surface area contributed by atoms with Gasteiger partial charge < -0.3 is 15.5 Å². The molecule has 5 nitrogen and oxygen atoms in total. The smallest absolute Gasteiger partial charge is 0.240 e. The number of carbonyl (C=O) groups is 2. The van der Waals surface area contributed by atoms with Crippen molar-refractivity contribution in [3.05, 3.63) is 0 Å². The van der Waals surface area contributed by atoms with Crippen LogP contribution < -0.4 is 5.73 Å². The zero-order chi connectivity index (χ0) is 16.4. The molecule has 2 atom stereocenters. The second-order valence-corrected chi connectivity index (χ2v) is 7.44. The summed E-state index contributed by atoms with van der Waals surface area (Å²) in [6.45, 7) is 12.9. The normalized spacial score (nSPS) is 20.8. The maximum Gasteiger partial charge on any atom is 0.240 e. The van der Waals surface area contributed by atoms with Gasteiger partial charge in [-0.05, 0) is 32.1 Å². The molecule has 5 heteroatoms. The Morgan fingerprint density at radius 2 is 1.90 bits per heavy atom. The minimum Gasteiger partial charge on any atom is -0.338 e. The molecule has 0 spiro atoms. The summed E-state index contributed by atoms with van der Waals surface area (Å²) in [5, 5.41) is 0. The van der Waals surface area contributed by atoms with Gasteiger partial charge in [-0.3, -0.25) is 9.59 Å². The highest BCUT2D eigenvalue weighted by molar-refractivity contribution is 5.83. The highest BCUT2D eigenvalue weighted by Gasteiger charge is 2.37. The fourth-order valence-corrected chi connectivity index (χ4v) is 2.79.